The number of rotatable bonds is 9. The van der Waals surface area contributed by atoms with Gasteiger partial charge in [-0.1, -0.05) is 31.2 Å². The second-order valence-electron chi connectivity index (χ2n) is 5.27. The molecule has 1 rings (SSSR count). The van der Waals surface area contributed by atoms with E-state index in [-0.39, 0.29) is 6.04 Å². The van der Waals surface area contributed by atoms with Crippen molar-refractivity contribution in [3.05, 3.63) is 48.0 Å². The van der Waals surface area contributed by atoms with E-state index in [1.54, 1.807) is 6.07 Å². The lowest BCUT2D eigenvalue weighted by atomic mass is 9.99. The summed E-state index contributed by atoms with van der Waals surface area (Å²) < 4.78 is 38.2. The van der Waals surface area contributed by atoms with Crippen LogP contribution in [0.25, 0.3) is 0 Å². The molecule has 0 heterocycles. The number of hydrogen-bond acceptors (Lipinski definition) is 1. The zero-order valence-electron chi connectivity index (χ0n) is 12.5. The van der Waals surface area contributed by atoms with Gasteiger partial charge in [-0.25, -0.2) is 0 Å². The number of nitrogens with one attached hydrogen (secondary N) is 1. The third-order valence-corrected chi connectivity index (χ3v) is 3.38. The maximum atomic E-state index is 12.7. The molecule has 21 heavy (non-hydrogen) atoms. The standard InChI is InChI=1S/C17H24F3N/c1-3-5-6-10-16(21-11-4-2)13-14-8-7-9-15(12-14)17(18,19)20/h3,7-9,12,16,21H,1,4-6,10-11,13H2,2H3. The zero-order valence-corrected chi connectivity index (χ0v) is 12.5. The first-order valence-corrected chi connectivity index (χ1v) is 7.47. The van der Waals surface area contributed by atoms with E-state index in [0.29, 0.717) is 6.42 Å². The van der Waals surface area contributed by atoms with Gasteiger partial charge in [0.1, 0.15) is 0 Å². The van der Waals surface area contributed by atoms with Crippen molar-refractivity contribution in [2.24, 2.45) is 0 Å². The molecule has 1 nitrogen and oxygen atoms in total. The third-order valence-electron chi connectivity index (χ3n) is 3.38. The normalized spacial score (nSPS) is 13.1. The van der Waals surface area contributed by atoms with E-state index < -0.39 is 11.7 Å². The zero-order chi connectivity index (χ0) is 15.7. The molecule has 0 saturated heterocycles. The largest absolute Gasteiger partial charge is 0.416 e. The monoisotopic (exact) mass is 299 g/mol. The number of alkyl halides is 3. The second-order valence-corrected chi connectivity index (χ2v) is 5.27. The molecule has 0 fully saturated rings. The number of unbranched alkanes of at least 4 members (excludes halogenated alkanes) is 1. The van der Waals surface area contributed by atoms with Crippen molar-refractivity contribution >= 4 is 0 Å². The van der Waals surface area contributed by atoms with Gasteiger partial charge in [0.05, 0.1) is 5.56 Å². The fraction of sp³-hybridized carbons (Fsp3) is 0.529. The van der Waals surface area contributed by atoms with Gasteiger partial charge in [-0.2, -0.15) is 13.2 Å². The van der Waals surface area contributed by atoms with E-state index in [9.17, 15) is 13.2 Å². The summed E-state index contributed by atoms with van der Waals surface area (Å²) in [7, 11) is 0. The molecule has 1 N–H and O–H groups in total. The summed E-state index contributed by atoms with van der Waals surface area (Å²) in [6.07, 6.45) is 2.13. The Morgan fingerprint density at radius 2 is 2.10 bits per heavy atom. The fourth-order valence-electron chi connectivity index (χ4n) is 2.29. The Kier molecular flexibility index (Phi) is 7.51. The highest BCUT2D eigenvalue weighted by Crippen LogP contribution is 2.29. The molecule has 0 aromatic heterocycles. The molecular formula is C17H24F3N. The van der Waals surface area contributed by atoms with E-state index in [2.05, 4.69) is 18.8 Å². The van der Waals surface area contributed by atoms with Crippen molar-refractivity contribution in [3.63, 3.8) is 0 Å². The summed E-state index contributed by atoms with van der Waals surface area (Å²) in [5, 5.41) is 3.42. The van der Waals surface area contributed by atoms with Gasteiger partial charge in [0, 0.05) is 6.04 Å². The first-order chi connectivity index (χ1) is 9.97. The molecule has 1 atom stereocenters. The molecule has 0 aliphatic rings. The lowest BCUT2D eigenvalue weighted by Crippen LogP contribution is -2.31. The Bertz CT molecular complexity index is 426. The molecule has 0 radical (unpaired) electrons. The topological polar surface area (TPSA) is 12.0 Å². The van der Waals surface area contributed by atoms with Crippen LogP contribution in [0.3, 0.4) is 0 Å². The van der Waals surface area contributed by atoms with Crippen LogP contribution in [0.5, 0.6) is 0 Å². The van der Waals surface area contributed by atoms with E-state index in [1.165, 1.54) is 12.1 Å². The Labute approximate surface area is 125 Å². The van der Waals surface area contributed by atoms with Crippen molar-refractivity contribution in [3.8, 4) is 0 Å². The van der Waals surface area contributed by atoms with Gasteiger partial charge in [0.2, 0.25) is 0 Å². The second kappa shape index (κ2) is 8.88. The number of benzene rings is 1. The summed E-state index contributed by atoms with van der Waals surface area (Å²) >= 11 is 0. The van der Waals surface area contributed by atoms with Crippen LogP contribution in [-0.2, 0) is 12.6 Å². The van der Waals surface area contributed by atoms with Crippen LogP contribution in [0.4, 0.5) is 13.2 Å². The fourth-order valence-corrected chi connectivity index (χ4v) is 2.29. The molecule has 4 heteroatoms. The maximum absolute atomic E-state index is 12.7. The highest BCUT2D eigenvalue weighted by Gasteiger charge is 2.30. The predicted molar refractivity (Wildman–Crippen MR) is 81.3 cm³/mol. The van der Waals surface area contributed by atoms with Crippen LogP contribution in [0, 0.1) is 0 Å². The molecular weight excluding hydrogens is 275 g/mol. The Balaban J connectivity index is 2.70. The highest BCUT2D eigenvalue weighted by molar-refractivity contribution is 5.26. The predicted octanol–water partition coefficient (Wildman–Crippen LogP) is 4.97. The van der Waals surface area contributed by atoms with E-state index in [0.717, 1.165) is 43.9 Å². The minimum absolute atomic E-state index is 0.216. The Morgan fingerprint density at radius 3 is 2.71 bits per heavy atom. The summed E-state index contributed by atoms with van der Waals surface area (Å²) in [6, 6.07) is 5.85. The van der Waals surface area contributed by atoms with Crippen LogP contribution >= 0.6 is 0 Å². The van der Waals surface area contributed by atoms with E-state index in [4.69, 9.17) is 0 Å². The van der Waals surface area contributed by atoms with Gasteiger partial charge in [0.15, 0.2) is 0 Å². The average Bonchev–Trinajstić information content (AvgIpc) is 2.44. The number of hydrogen-bond donors (Lipinski definition) is 1. The summed E-state index contributed by atoms with van der Waals surface area (Å²) in [5.74, 6) is 0. The highest BCUT2D eigenvalue weighted by atomic mass is 19.4. The lowest BCUT2D eigenvalue weighted by Gasteiger charge is -2.19. The van der Waals surface area contributed by atoms with Crippen LogP contribution in [-0.4, -0.2) is 12.6 Å². The molecule has 1 aromatic rings. The number of halogens is 3. The molecule has 0 aliphatic carbocycles. The van der Waals surface area contributed by atoms with Crippen molar-refractivity contribution in [2.75, 3.05) is 6.54 Å². The summed E-state index contributed by atoms with van der Waals surface area (Å²) in [5.41, 5.74) is 0.164. The smallest absolute Gasteiger partial charge is 0.314 e. The molecule has 0 spiro atoms. The van der Waals surface area contributed by atoms with Gasteiger partial charge in [-0.3, -0.25) is 0 Å². The van der Waals surface area contributed by atoms with E-state index >= 15 is 0 Å². The molecule has 1 unspecified atom stereocenters. The van der Waals surface area contributed by atoms with Gasteiger partial charge < -0.3 is 5.32 Å². The van der Waals surface area contributed by atoms with E-state index in [1.807, 2.05) is 6.08 Å². The third kappa shape index (κ3) is 6.80. The van der Waals surface area contributed by atoms with Gasteiger partial charge >= 0.3 is 6.18 Å². The van der Waals surface area contributed by atoms with Crippen LogP contribution in [0.15, 0.2) is 36.9 Å². The van der Waals surface area contributed by atoms with Gasteiger partial charge in [0.25, 0.3) is 0 Å². The number of allylic oxidation sites excluding steroid dienone is 1. The minimum atomic E-state index is -4.27. The lowest BCUT2D eigenvalue weighted by molar-refractivity contribution is -0.137. The van der Waals surface area contributed by atoms with Crippen LogP contribution in [0.2, 0.25) is 0 Å². The summed E-state index contributed by atoms with van der Waals surface area (Å²) in [6.45, 7) is 6.66. The molecule has 0 saturated carbocycles. The van der Waals surface area contributed by atoms with Crippen molar-refractivity contribution in [2.45, 2.75) is 51.2 Å². The van der Waals surface area contributed by atoms with Crippen molar-refractivity contribution in [1.29, 1.82) is 0 Å². The molecule has 0 bridgehead atoms. The molecule has 118 valence electrons. The average molecular weight is 299 g/mol. The molecule has 0 aliphatic heterocycles. The SMILES string of the molecule is C=CCCCC(Cc1cccc(C(F)(F)F)c1)NCCC. The van der Waals surface area contributed by atoms with Crippen molar-refractivity contribution in [1.82, 2.24) is 5.32 Å². The van der Waals surface area contributed by atoms with Crippen LogP contribution in [0.1, 0.15) is 43.7 Å². The summed E-state index contributed by atoms with van der Waals surface area (Å²) in [4.78, 5) is 0. The Morgan fingerprint density at radius 1 is 1.33 bits per heavy atom. The maximum Gasteiger partial charge on any atom is 0.416 e. The minimum Gasteiger partial charge on any atom is -0.314 e. The quantitative estimate of drug-likeness (QED) is 0.501. The van der Waals surface area contributed by atoms with Gasteiger partial charge in [-0.05, 0) is 50.3 Å². The van der Waals surface area contributed by atoms with Crippen LogP contribution < -0.4 is 5.32 Å². The van der Waals surface area contributed by atoms with Gasteiger partial charge in [-0.15, -0.1) is 6.58 Å². The first-order valence-electron chi connectivity index (χ1n) is 7.47. The Hall–Kier alpha value is -1.29. The first kappa shape index (κ1) is 17.8. The molecule has 1 aromatic carbocycles. The van der Waals surface area contributed by atoms with Crippen molar-refractivity contribution < 1.29 is 13.2 Å². The molecule has 0 amide bonds.